The van der Waals surface area contributed by atoms with Crippen LogP contribution in [0, 0.1) is 5.92 Å². The fraction of sp³-hybridized carbons (Fsp3) is 0.500. The number of halogens is 1. The number of benzene rings is 1. The Hall–Kier alpha value is -1.95. The first-order valence-corrected chi connectivity index (χ1v) is 7.77. The van der Waals surface area contributed by atoms with E-state index < -0.39 is 0 Å². The minimum Gasteiger partial charge on any atom is -0.495 e. The van der Waals surface area contributed by atoms with Gasteiger partial charge in [-0.05, 0) is 13.8 Å². The van der Waals surface area contributed by atoms with Crippen molar-refractivity contribution in [1.82, 2.24) is 4.90 Å². The molecule has 7 heteroatoms. The van der Waals surface area contributed by atoms with Crippen LogP contribution >= 0.6 is 11.6 Å². The SMILES string of the molecule is COc1cc(NC(=O)[C@@H]2CC(=O)N(C(C)C)C2)c(OC)cc1Cl. The van der Waals surface area contributed by atoms with Crippen LogP contribution in [0.15, 0.2) is 12.1 Å². The van der Waals surface area contributed by atoms with Crippen LogP contribution in [0.2, 0.25) is 5.02 Å². The van der Waals surface area contributed by atoms with Crippen molar-refractivity contribution < 1.29 is 19.1 Å². The van der Waals surface area contributed by atoms with Crippen molar-refractivity contribution in [2.75, 3.05) is 26.1 Å². The largest absolute Gasteiger partial charge is 0.495 e. The quantitative estimate of drug-likeness (QED) is 0.894. The molecule has 6 nitrogen and oxygen atoms in total. The molecule has 1 aromatic rings. The van der Waals surface area contributed by atoms with Gasteiger partial charge in [-0.1, -0.05) is 11.6 Å². The number of nitrogens with one attached hydrogen (secondary N) is 1. The van der Waals surface area contributed by atoms with Crippen molar-refractivity contribution in [2.45, 2.75) is 26.3 Å². The van der Waals surface area contributed by atoms with E-state index in [1.807, 2.05) is 13.8 Å². The van der Waals surface area contributed by atoms with E-state index in [0.717, 1.165) is 0 Å². The summed E-state index contributed by atoms with van der Waals surface area (Å²) in [4.78, 5) is 26.1. The molecule has 0 aromatic heterocycles. The number of rotatable bonds is 5. The highest BCUT2D eigenvalue weighted by atomic mass is 35.5. The molecule has 0 spiro atoms. The van der Waals surface area contributed by atoms with E-state index in [4.69, 9.17) is 21.1 Å². The Morgan fingerprint density at radius 1 is 1.30 bits per heavy atom. The molecule has 1 atom stereocenters. The van der Waals surface area contributed by atoms with E-state index in [1.165, 1.54) is 14.2 Å². The van der Waals surface area contributed by atoms with E-state index in [0.29, 0.717) is 28.8 Å². The summed E-state index contributed by atoms with van der Waals surface area (Å²) in [5.41, 5.74) is 0.467. The lowest BCUT2D eigenvalue weighted by Crippen LogP contribution is -2.33. The third kappa shape index (κ3) is 3.69. The Morgan fingerprint density at radius 3 is 2.48 bits per heavy atom. The van der Waals surface area contributed by atoms with E-state index in [9.17, 15) is 9.59 Å². The summed E-state index contributed by atoms with van der Waals surface area (Å²) in [5, 5.41) is 3.20. The molecule has 1 saturated heterocycles. The first kappa shape index (κ1) is 17.4. The third-order valence-electron chi connectivity index (χ3n) is 3.88. The summed E-state index contributed by atoms with van der Waals surface area (Å²) in [6, 6.07) is 3.28. The van der Waals surface area contributed by atoms with Gasteiger partial charge in [-0.25, -0.2) is 0 Å². The zero-order chi connectivity index (χ0) is 17.1. The molecule has 126 valence electrons. The first-order chi connectivity index (χ1) is 10.9. The molecule has 0 saturated carbocycles. The molecule has 1 N–H and O–H groups in total. The van der Waals surface area contributed by atoms with Crippen LogP contribution in [0.3, 0.4) is 0 Å². The average molecular weight is 341 g/mol. The highest BCUT2D eigenvalue weighted by Crippen LogP contribution is 2.36. The zero-order valence-electron chi connectivity index (χ0n) is 13.7. The van der Waals surface area contributed by atoms with Gasteiger partial charge in [-0.15, -0.1) is 0 Å². The molecule has 0 aliphatic carbocycles. The van der Waals surface area contributed by atoms with Crippen molar-refractivity contribution in [3.05, 3.63) is 17.2 Å². The molecule has 0 bridgehead atoms. The van der Waals surface area contributed by atoms with Crippen molar-refractivity contribution in [3.8, 4) is 11.5 Å². The van der Waals surface area contributed by atoms with Crippen molar-refractivity contribution in [2.24, 2.45) is 5.92 Å². The van der Waals surface area contributed by atoms with E-state index >= 15 is 0 Å². The predicted octanol–water partition coefficient (Wildman–Crippen LogP) is 2.55. The van der Waals surface area contributed by atoms with Crippen LogP contribution in [-0.2, 0) is 9.59 Å². The first-order valence-electron chi connectivity index (χ1n) is 7.39. The molecule has 2 rings (SSSR count). The monoisotopic (exact) mass is 340 g/mol. The van der Waals surface area contributed by atoms with Gasteiger partial charge in [-0.3, -0.25) is 9.59 Å². The number of carbonyl (C=O) groups is 2. The molecule has 2 amide bonds. The molecular formula is C16H21ClN2O4. The van der Waals surface area contributed by atoms with Gasteiger partial charge in [0.1, 0.15) is 11.5 Å². The molecule has 1 aliphatic rings. The molecular weight excluding hydrogens is 320 g/mol. The summed E-state index contributed by atoms with van der Waals surface area (Å²) in [6.07, 6.45) is 0.219. The number of anilines is 1. The number of nitrogens with zero attached hydrogens (tertiary/aromatic N) is 1. The number of ether oxygens (including phenoxy) is 2. The van der Waals surface area contributed by atoms with Gasteiger partial charge in [0.15, 0.2) is 0 Å². The van der Waals surface area contributed by atoms with Crippen LogP contribution in [0.1, 0.15) is 20.3 Å². The number of methoxy groups -OCH3 is 2. The summed E-state index contributed by atoms with van der Waals surface area (Å²) < 4.78 is 10.4. The minimum atomic E-state index is -0.378. The molecule has 1 aliphatic heterocycles. The van der Waals surface area contributed by atoms with E-state index in [1.54, 1.807) is 17.0 Å². The fourth-order valence-corrected chi connectivity index (χ4v) is 2.83. The smallest absolute Gasteiger partial charge is 0.229 e. The third-order valence-corrected chi connectivity index (χ3v) is 4.18. The Bertz CT molecular complexity index is 618. The van der Waals surface area contributed by atoms with Crippen molar-refractivity contribution >= 4 is 29.1 Å². The molecule has 0 radical (unpaired) electrons. The van der Waals surface area contributed by atoms with Crippen LogP contribution in [-0.4, -0.2) is 43.5 Å². The number of hydrogen-bond donors (Lipinski definition) is 1. The molecule has 1 fully saturated rings. The van der Waals surface area contributed by atoms with Crippen LogP contribution in [0.5, 0.6) is 11.5 Å². The van der Waals surface area contributed by atoms with E-state index in [2.05, 4.69) is 5.32 Å². The topological polar surface area (TPSA) is 67.9 Å². The standard InChI is InChI=1S/C16H21ClN2O4/c1-9(2)19-8-10(5-15(19)20)16(21)18-12-7-13(22-3)11(17)6-14(12)23-4/h6-7,9-10H,5,8H2,1-4H3,(H,18,21)/t10-/m1/s1. The maximum absolute atomic E-state index is 12.5. The number of hydrogen-bond acceptors (Lipinski definition) is 4. The average Bonchev–Trinajstić information content (AvgIpc) is 2.90. The maximum Gasteiger partial charge on any atom is 0.229 e. The summed E-state index contributed by atoms with van der Waals surface area (Å²) in [6.45, 7) is 4.30. The van der Waals surface area contributed by atoms with Gasteiger partial charge in [-0.2, -0.15) is 0 Å². The van der Waals surface area contributed by atoms with Crippen LogP contribution in [0.4, 0.5) is 5.69 Å². The van der Waals surface area contributed by atoms with Gasteiger partial charge in [0.2, 0.25) is 11.8 Å². The summed E-state index contributed by atoms with van der Waals surface area (Å²) >= 11 is 6.05. The highest BCUT2D eigenvalue weighted by molar-refractivity contribution is 6.32. The maximum atomic E-state index is 12.5. The van der Waals surface area contributed by atoms with Crippen LogP contribution in [0.25, 0.3) is 0 Å². The fourth-order valence-electron chi connectivity index (χ4n) is 2.60. The van der Waals surface area contributed by atoms with Gasteiger partial charge >= 0.3 is 0 Å². The lowest BCUT2D eigenvalue weighted by atomic mass is 10.1. The predicted molar refractivity (Wildman–Crippen MR) is 88.1 cm³/mol. The van der Waals surface area contributed by atoms with E-state index in [-0.39, 0.29) is 30.2 Å². The van der Waals surface area contributed by atoms with Crippen LogP contribution < -0.4 is 14.8 Å². The lowest BCUT2D eigenvalue weighted by molar-refractivity contribution is -0.129. The molecule has 1 aromatic carbocycles. The van der Waals surface area contributed by atoms with Gasteiger partial charge in [0.05, 0.1) is 30.8 Å². The highest BCUT2D eigenvalue weighted by Gasteiger charge is 2.35. The number of carbonyl (C=O) groups excluding carboxylic acids is 2. The van der Waals surface area contributed by atoms with Gasteiger partial charge < -0.3 is 19.7 Å². The lowest BCUT2D eigenvalue weighted by Gasteiger charge is -2.21. The minimum absolute atomic E-state index is 0.000742. The molecule has 23 heavy (non-hydrogen) atoms. The second kappa shape index (κ2) is 7.08. The van der Waals surface area contributed by atoms with Crippen molar-refractivity contribution in [3.63, 3.8) is 0 Å². The van der Waals surface area contributed by atoms with Crippen molar-refractivity contribution in [1.29, 1.82) is 0 Å². The van der Waals surface area contributed by atoms with Gasteiger partial charge in [0, 0.05) is 31.1 Å². The summed E-state index contributed by atoms with van der Waals surface area (Å²) in [5.74, 6) is 0.282. The Balaban J connectivity index is 2.16. The second-order valence-electron chi connectivity index (χ2n) is 5.72. The molecule has 0 unspecified atom stereocenters. The Kier molecular flexibility index (Phi) is 5.36. The van der Waals surface area contributed by atoms with Gasteiger partial charge in [0.25, 0.3) is 0 Å². The second-order valence-corrected chi connectivity index (χ2v) is 6.12. The summed E-state index contributed by atoms with van der Waals surface area (Å²) in [7, 11) is 2.99. The number of likely N-dealkylation sites (tertiary alicyclic amines) is 1. The normalized spacial score (nSPS) is 17.6. The zero-order valence-corrected chi connectivity index (χ0v) is 14.4. The molecule has 1 heterocycles. The Morgan fingerprint density at radius 2 is 1.96 bits per heavy atom. The number of amides is 2. The Labute approximate surface area is 140 Å².